The summed E-state index contributed by atoms with van der Waals surface area (Å²) < 4.78 is 6.87. The summed E-state index contributed by atoms with van der Waals surface area (Å²) in [6.07, 6.45) is 1.85. The Bertz CT molecular complexity index is 2100. The van der Waals surface area contributed by atoms with Gasteiger partial charge in [0.15, 0.2) is 5.58 Å². The van der Waals surface area contributed by atoms with Crippen molar-refractivity contribution in [1.82, 2.24) is 4.98 Å². The molecule has 0 saturated heterocycles. The van der Waals surface area contributed by atoms with Crippen LogP contribution in [0.3, 0.4) is 0 Å². The van der Waals surface area contributed by atoms with Crippen LogP contribution in [0.1, 0.15) is 0 Å². The van der Waals surface area contributed by atoms with E-state index in [1.165, 1.54) is 0 Å². The Hall–Kier alpha value is -5.87. The highest BCUT2D eigenvalue weighted by atomic mass is 16.3. The largest absolute Gasteiger partial charge is 0.454 e. The number of rotatable bonds is 6. The molecule has 2 aromatic heterocycles. The summed E-state index contributed by atoms with van der Waals surface area (Å²) in [4.78, 5) is 9.39. The molecule has 0 N–H and O–H groups in total. The monoisotopic (exact) mass is 553 g/mol. The zero-order valence-electron chi connectivity index (χ0n) is 23.3. The van der Waals surface area contributed by atoms with Crippen LogP contribution in [0, 0.1) is 0 Å². The van der Waals surface area contributed by atoms with Crippen LogP contribution in [0.4, 0.5) is 34.1 Å². The second kappa shape index (κ2) is 10.5. The molecule has 43 heavy (non-hydrogen) atoms. The number of fused-ring (bicyclic) bond motifs is 5. The van der Waals surface area contributed by atoms with Gasteiger partial charge in [0.2, 0.25) is 0 Å². The third-order valence-corrected chi connectivity index (χ3v) is 7.85. The van der Waals surface area contributed by atoms with Crippen LogP contribution >= 0.6 is 0 Å². The van der Waals surface area contributed by atoms with Crippen molar-refractivity contribution in [3.63, 3.8) is 0 Å². The van der Waals surface area contributed by atoms with Crippen molar-refractivity contribution in [2.75, 3.05) is 9.80 Å². The maximum atomic E-state index is 6.87. The number of aromatic nitrogens is 1. The van der Waals surface area contributed by atoms with Crippen molar-refractivity contribution in [3.8, 4) is 0 Å². The number of benzene rings is 6. The van der Waals surface area contributed by atoms with E-state index in [0.29, 0.717) is 0 Å². The lowest BCUT2D eigenvalue weighted by Gasteiger charge is -2.33. The quantitative estimate of drug-likeness (QED) is 0.205. The zero-order valence-corrected chi connectivity index (χ0v) is 23.3. The fraction of sp³-hybridized carbons (Fsp3) is 0. The Labute approximate surface area is 249 Å². The van der Waals surface area contributed by atoms with Gasteiger partial charge >= 0.3 is 0 Å². The molecule has 8 rings (SSSR count). The molecule has 0 amide bonds. The standard InChI is InChI=1S/C39H27N3O/c1-5-15-29(16-6-1)41(30-17-7-2-8-18-30)34-25-24-33-36-35(26-23-28-14-13-27-40-37(28)36)43-39(33)38(34)42(31-19-9-3-10-20-31)32-21-11-4-12-22-32/h1-27H. The van der Waals surface area contributed by atoms with Gasteiger partial charge < -0.3 is 14.2 Å². The summed E-state index contributed by atoms with van der Waals surface area (Å²) in [6, 6.07) is 54.6. The smallest absolute Gasteiger partial charge is 0.161 e. The molecule has 4 heteroatoms. The van der Waals surface area contributed by atoms with Gasteiger partial charge in [-0.15, -0.1) is 0 Å². The van der Waals surface area contributed by atoms with Crippen molar-refractivity contribution >= 4 is 67.0 Å². The molecule has 0 fully saturated rings. The maximum Gasteiger partial charge on any atom is 0.161 e. The van der Waals surface area contributed by atoms with Crippen LogP contribution in [0.5, 0.6) is 0 Å². The van der Waals surface area contributed by atoms with Crippen LogP contribution in [0.25, 0.3) is 32.8 Å². The number of pyridine rings is 1. The molecule has 0 aliphatic rings. The van der Waals surface area contributed by atoms with E-state index in [9.17, 15) is 0 Å². The average molecular weight is 554 g/mol. The molecule has 0 aliphatic heterocycles. The summed E-state index contributed by atoms with van der Waals surface area (Å²) in [5.74, 6) is 0. The molecule has 6 aromatic carbocycles. The molecule has 0 radical (unpaired) electrons. The number of furan rings is 1. The first kappa shape index (κ1) is 24.9. The van der Waals surface area contributed by atoms with E-state index < -0.39 is 0 Å². The van der Waals surface area contributed by atoms with Gasteiger partial charge in [-0.2, -0.15) is 0 Å². The number of para-hydroxylation sites is 4. The van der Waals surface area contributed by atoms with E-state index in [1.54, 1.807) is 0 Å². The van der Waals surface area contributed by atoms with E-state index in [-0.39, 0.29) is 0 Å². The molecule has 204 valence electrons. The predicted octanol–water partition coefficient (Wildman–Crippen LogP) is 11.1. The number of hydrogen-bond donors (Lipinski definition) is 0. The molecule has 2 heterocycles. The summed E-state index contributed by atoms with van der Waals surface area (Å²) in [6.45, 7) is 0. The third-order valence-electron chi connectivity index (χ3n) is 7.85. The lowest BCUT2D eigenvalue weighted by molar-refractivity contribution is 0.669. The van der Waals surface area contributed by atoms with Gasteiger partial charge in [-0.25, -0.2) is 0 Å². The van der Waals surface area contributed by atoms with E-state index in [0.717, 1.165) is 67.0 Å². The van der Waals surface area contributed by atoms with Crippen molar-refractivity contribution < 1.29 is 4.42 Å². The van der Waals surface area contributed by atoms with Crippen molar-refractivity contribution in [1.29, 1.82) is 0 Å². The summed E-state index contributed by atoms with van der Waals surface area (Å²) in [7, 11) is 0. The number of hydrogen-bond acceptors (Lipinski definition) is 4. The van der Waals surface area contributed by atoms with Gasteiger partial charge in [0.25, 0.3) is 0 Å². The van der Waals surface area contributed by atoms with E-state index in [4.69, 9.17) is 9.40 Å². The third kappa shape index (κ3) is 4.28. The van der Waals surface area contributed by atoms with Crippen molar-refractivity contribution in [2.45, 2.75) is 0 Å². The predicted molar refractivity (Wildman–Crippen MR) is 178 cm³/mol. The van der Waals surface area contributed by atoms with Crippen molar-refractivity contribution in [3.05, 3.63) is 164 Å². The highest BCUT2D eigenvalue weighted by molar-refractivity contribution is 6.21. The molecule has 0 saturated carbocycles. The van der Waals surface area contributed by atoms with E-state index in [1.807, 2.05) is 36.5 Å². The Morgan fingerprint density at radius 3 is 1.56 bits per heavy atom. The zero-order chi connectivity index (χ0) is 28.6. The normalized spacial score (nSPS) is 11.3. The summed E-state index contributed by atoms with van der Waals surface area (Å²) in [5, 5.41) is 3.13. The van der Waals surface area contributed by atoms with Gasteiger partial charge in [0.05, 0.1) is 16.6 Å². The minimum Gasteiger partial charge on any atom is -0.454 e. The number of nitrogens with zero attached hydrogens (tertiary/aromatic N) is 3. The van der Waals surface area contributed by atoms with Crippen LogP contribution in [-0.2, 0) is 0 Å². The Kier molecular flexibility index (Phi) is 6.08. The highest BCUT2D eigenvalue weighted by Gasteiger charge is 2.27. The minimum atomic E-state index is 0.801. The molecule has 8 aromatic rings. The average Bonchev–Trinajstić information content (AvgIpc) is 3.47. The van der Waals surface area contributed by atoms with Gasteiger partial charge in [-0.3, -0.25) is 4.98 Å². The lowest BCUT2D eigenvalue weighted by Crippen LogP contribution is -2.17. The summed E-state index contributed by atoms with van der Waals surface area (Å²) >= 11 is 0. The highest BCUT2D eigenvalue weighted by Crippen LogP contribution is 2.51. The fourth-order valence-electron chi connectivity index (χ4n) is 5.98. The van der Waals surface area contributed by atoms with E-state index in [2.05, 4.69) is 137 Å². The fourth-order valence-corrected chi connectivity index (χ4v) is 5.98. The molecule has 0 bridgehead atoms. The van der Waals surface area contributed by atoms with Crippen molar-refractivity contribution in [2.24, 2.45) is 0 Å². The number of anilines is 6. The van der Waals surface area contributed by atoms with Gasteiger partial charge in [0, 0.05) is 39.7 Å². The first-order chi connectivity index (χ1) is 21.4. The van der Waals surface area contributed by atoms with Crippen LogP contribution in [0.2, 0.25) is 0 Å². The molecule has 0 atom stereocenters. The molecule has 0 spiro atoms. The molecular weight excluding hydrogens is 526 g/mol. The molecule has 4 nitrogen and oxygen atoms in total. The van der Waals surface area contributed by atoms with Gasteiger partial charge in [-0.1, -0.05) is 78.9 Å². The lowest BCUT2D eigenvalue weighted by atomic mass is 10.0. The van der Waals surface area contributed by atoms with Crippen LogP contribution in [-0.4, -0.2) is 4.98 Å². The Morgan fingerprint density at radius 1 is 0.465 bits per heavy atom. The van der Waals surface area contributed by atoms with Crippen LogP contribution < -0.4 is 9.80 Å². The summed E-state index contributed by atoms with van der Waals surface area (Å²) in [5.41, 5.74) is 8.67. The Balaban J connectivity index is 1.53. The molecular formula is C39H27N3O. The SMILES string of the molecule is c1ccc(N(c2ccccc2)c2ccc3c(oc4ccc5cccnc5c43)c2N(c2ccccc2)c2ccccc2)cc1. The first-order valence-corrected chi connectivity index (χ1v) is 14.4. The molecule has 0 aliphatic carbocycles. The minimum absolute atomic E-state index is 0.801. The van der Waals surface area contributed by atoms with Gasteiger partial charge in [-0.05, 0) is 78.9 Å². The topological polar surface area (TPSA) is 32.5 Å². The Morgan fingerprint density at radius 2 is 1.00 bits per heavy atom. The van der Waals surface area contributed by atoms with Crippen LogP contribution in [0.15, 0.2) is 168 Å². The molecule has 0 unspecified atom stereocenters. The second-order valence-corrected chi connectivity index (χ2v) is 10.4. The van der Waals surface area contributed by atoms with Gasteiger partial charge in [0.1, 0.15) is 11.3 Å². The van der Waals surface area contributed by atoms with E-state index >= 15 is 0 Å². The first-order valence-electron chi connectivity index (χ1n) is 14.4. The maximum absolute atomic E-state index is 6.87. The second-order valence-electron chi connectivity index (χ2n) is 10.4.